The first kappa shape index (κ1) is 11.1. The molecule has 92 valence electrons. The van der Waals surface area contributed by atoms with E-state index in [1.807, 2.05) is 0 Å². The number of benzene rings is 1. The van der Waals surface area contributed by atoms with Gasteiger partial charge < -0.3 is 10.6 Å². The number of rotatable bonds is 5. The van der Waals surface area contributed by atoms with Crippen LogP contribution in [0.3, 0.4) is 0 Å². The molecule has 0 atom stereocenters. The average Bonchev–Trinajstić information content (AvgIpc) is 3.08. The Balaban J connectivity index is 1.71. The molecule has 1 heterocycles. The second-order valence-electron chi connectivity index (χ2n) is 5.49. The summed E-state index contributed by atoms with van der Waals surface area (Å²) in [5.74, 6) is 0.984. The number of fused-ring (bicyclic) bond motifs is 1. The molecular formula is C15H22N2. The second kappa shape index (κ2) is 4.69. The van der Waals surface area contributed by atoms with Crippen LogP contribution in [0, 0.1) is 5.92 Å². The molecule has 0 radical (unpaired) electrons. The van der Waals surface area contributed by atoms with E-state index >= 15 is 0 Å². The number of nitrogens with zero attached hydrogens (tertiary/aromatic N) is 1. The SMILES string of the molecule is NCCCc1ccc2c(c1)CCN2CC1CC1. The van der Waals surface area contributed by atoms with Crippen molar-refractivity contribution in [3.63, 3.8) is 0 Å². The standard InChI is InChI=1S/C15H22N2/c16-8-1-2-12-5-6-15-14(10-12)7-9-17(15)11-13-3-4-13/h5-6,10,13H,1-4,7-9,11,16H2. The Morgan fingerprint density at radius 1 is 1.29 bits per heavy atom. The highest BCUT2D eigenvalue weighted by molar-refractivity contribution is 5.59. The molecule has 1 fully saturated rings. The van der Waals surface area contributed by atoms with Crippen molar-refractivity contribution in [2.24, 2.45) is 11.7 Å². The molecule has 2 aliphatic rings. The summed E-state index contributed by atoms with van der Waals surface area (Å²) in [6.45, 7) is 3.31. The van der Waals surface area contributed by atoms with Crippen LogP contribution in [0.15, 0.2) is 18.2 Å². The van der Waals surface area contributed by atoms with Gasteiger partial charge in [0.1, 0.15) is 0 Å². The van der Waals surface area contributed by atoms with Crippen LogP contribution in [0.5, 0.6) is 0 Å². The topological polar surface area (TPSA) is 29.3 Å². The first-order valence-electron chi connectivity index (χ1n) is 6.93. The van der Waals surface area contributed by atoms with Gasteiger partial charge in [-0.3, -0.25) is 0 Å². The lowest BCUT2D eigenvalue weighted by Gasteiger charge is -2.19. The van der Waals surface area contributed by atoms with Gasteiger partial charge in [0.2, 0.25) is 0 Å². The quantitative estimate of drug-likeness (QED) is 0.841. The molecule has 2 N–H and O–H groups in total. The zero-order valence-corrected chi connectivity index (χ0v) is 10.5. The molecule has 17 heavy (non-hydrogen) atoms. The lowest BCUT2D eigenvalue weighted by molar-refractivity contribution is 0.747. The summed E-state index contributed by atoms with van der Waals surface area (Å²) in [6.07, 6.45) is 6.36. The highest BCUT2D eigenvalue weighted by Gasteiger charge is 2.27. The molecule has 0 bridgehead atoms. The van der Waals surface area contributed by atoms with Crippen LogP contribution < -0.4 is 10.6 Å². The Hall–Kier alpha value is -1.02. The smallest absolute Gasteiger partial charge is 0.0399 e. The van der Waals surface area contributed by atoms with Crippen molar-refractivity contribution in [3.05, 3.63) is 29.3 Å². The molecule has 0 spiro atoms. The van der Waals surface area contributed by atoms with Crippen molar-refractivity contribution in [2.75, 3.05) is 24.5 Å². The zero-order valence-electron chi connectivity index (χ0n) is 10.5. The van der Waals surface area contributed by atoms with Crippen molar-refractivity contribution in [1.29, 1.82) is 0 Å². The third-order valence-electron chi connectivity index (χ3n) is 3.98. The van der Waals surface area contributed by atoms with E-state index in [4.69, 9.17) is 5.73 Å². The van der Waals surface area contributed by atoms with E-state index in [9.17, 15) is 0 Å². The van der Waals surface area contributed by atoms with Crippen LogP contribution in [0.1, 0.15) is 30.4 Å². The van der Waals surface area contributed by atoms with Gasteiger partial charge in [-0.2, -0.15) is 0 Å². The number of hydrogen-bond donors (Lipinski definition) is 1. The number of aryl methyl sites for hydroxylation is 1. The van der Waals surface area contributed by atoms with Gasteiger partial charge >= 0.3 is 0 Å². The summed E-state index contributed by atoms with van der Waals surface area (Å²) < 4.78 is 0. The van der Waals surface area contributed by atoms with E-state index < -0.39 is 0 Å². The number of nitrogens with two attached hydrogens (primary N) is 1. The van der Waals surface area contributed by atoms with Gasteiger partial charge in [-0.15, -0.1) is 0 Å². The molecule has 0 saturated heterocycles. The average molecular weight is 230 g/mol. The van der Waals surface area contributed by atoms with E-state index in [0.717, 1.165) is 25.3 Å². The van der Waals surface area contributed by atoms with Crippen molar-refractivity contribution in [3.8, 4) is 0 Å². The molecule has 1 aromatic rings. The molecule has 0 aromatic heterocycles. The maximum Gasteiger partial charge on any atom is 0.0399 e. The lowest BCUT2D eigenvalue weighted by atomic mass is 10.0. The van der Waals surface area contributed by atoms with Crippen LogP contribution in [-0.4, -0.2) is 19.6 Å². The van der Waals surface area contributed by atoms with Gasteiger partial charge in [-0.1, -0.05) is 12.1 Å². The van der Waals surface area contributed by atoms with Crippen molar-refractivity contribution in [1.82, 2.24) is 0 Å². The molecule has 2 heteroatoms. The van der Waals surface area contributed by atoms with E-state index in [1.165, 1.54) is 43.6 Å². The summed E-state index contributed by atoms with van der Waals surface area (Å²) in [6, 6.07) is 7.02. The van der Waals surface area contributed by atoms with Crippen LogP contribution in [-0.2, 0) is 12.8 Å². The Morgan fingerprint density at radius 2 is 2.18 bits per heavy atom. The highest BCUT2D eigenvalue weighted by Crippen LogP contribution is 2.35. The largest absolute Gasteiger partial charge is 0.371 e. The fourth-order valence-corrected chi connectivity index (χ4v) is 2.79. The maximum absolute atomic E-state index is 5.56. The second-order valence-corrected chi connectivity index (χ2v) is 5.49. The normalized spacial score (nSPS) is 18.5. The summed E-state index contributed by atoms with van der Waals surface area (Å²) in [5.41, 5.74) is 10.1. The van der Waals surface area contributed by atoms with Crippen LogP contribution in [0.2, 0.25) is 0 Å². The van der Waals surface area contributed by atoms with Gasteiger partial charge in [-0.05, 0) is 61.8 Å². The Morgan fingerprint density at radius 3 is 2.94 bits per heavy atom. The number of anilines is 1. The summed E-state index contributed by atoms with van der Waals surface area (Å²) >= 11 is 0. The van der Waals surface area contributed by atoms with Gasteiger partial charge in [0, 0.05) is 18.8 Å². The zero-order chi connectivity index (χ0) is 11.7. The fourth-order valence-electron chi connectivity index (χ4n) is 2.79. The molecule has 1 aliphatic carbocycles. The minimum Gasteiger partial charge on any atom is -0.371 e. The van der Waals surface area contributed by atoms with Crippen LogP contribution >= 0.6 is 0 Å². The minimum absolute atomic E-state index is 0.797. The summed E-state index contributed by atoms with van der Waals surface area (Å²) in [4.78, 5) is 2.58. The van der Waals surface area contributed by atoms with Gasteiger partial charge in [-0.25, -0.2) is 0 Å². The van der Waals surface area contributed by atoms with Crippen molar-refractivity contribution in [2.45, 2.75) is 32.1 Å². The third kappa shape index (κ3) is 2.47. The molecule has 1 aliphatic heterocycles. The summed E-state index contributed by atoms with van der Waals surface area (Å²) in [7, 11) is 0. The molecule has 1 saturated carbocycles. The predicted octanol–water partition coefficient (Wildman–Crippen LogP) is 2.35. The van der Waals surface area contributed by atoms with Crippen molar-refractivity contribution < 1.29 is 0 Å². The Kier molecular flexibility index (Phi) is 3.06. The predicted molar refractivity (Wildman–Crippen MR) is 72.5 cm³/mol. The van der Waals surface area contributed by atoms with E-state index in [1.54, 1.807) is 5.56 Å². The monoisotopic (exact) mass is 230 g/mol. The first-order valence-corrected chi connectivity index (χ1v) is 6.93. The molecule has 0 unspecified atom stereocenters. The molecule has 3 rings (SSSR count). The molecular weight excluding hydrogens is 208 g/mol. The molecule has 1 aromatic carbocycles. The van der Waals surface area contributed by atoms with Crippen LogP contribution in [0.4, 0.5) is 5.69 Å². The molecule has 2 nitrogen and oxygen atoms in total. The maximum atomic E-state index is 5.56. The van der Waals surface area contributed by atoms with Gasteiger partial charge in [0.05, 0.1) is 0 Å². The lowest BCUT2D eigenvalue weighted by Crippen LogP contribution is -2.22. The first-order chi connectivity index (χ1) is 8.36. The van der Waals surface area contributed by atoms with E-state index in [2.05, 4.69) is 23.1 Å². The Bertz CT molecular complexity index is 396. The Labute approximate surface area is 104 Å². The van der Waals surface area contributed by atoms with E-state index in [0.29, 0.717) is 0 Å². The minimum atomic E-state index is 0.797. The number of hydrogen-bond acceptors (Lipinski definition) is 2. The highest BCUT2D eigenvalue weighted by atomic mass is 15.1. The van der Waals surface area contributed by atoms with Crippen molar-refractivity contribution >= 4 is 5.69 Å². The summed E-state index contributed by atoms with van der Waals surface area (Å²) in [5, 5.41) is 0. The fraction of sp³-hybridized carbons (Fsp3) is 0.600. The molecule has 0 amide bonds. The van der Waals surface area contributed by atoms with E-state index in [-0.39, 0.29) is 0 Å². The van der Waals surface area contributed by atoms with Gasteiger partial charge in [0.25, 0.3) is 0 Å². The third-order valence-corrected chi connectivity index (χ3v) is 3.98. The van der Waals surface area contributed by atoms with Crippen LogP contribution in [0.25, 0.3) is 0 Å². The van der Waals surface area contributed by atoms with Gasteiger partial charge in [0.15, 0.2) is 0 Å².